The summed E-state index contributed by atoms with van der Waals surface area (Å²) in [6, 6.07) is 7.13. The molecule has 0 radical (unpaired) electrons. The van der Waals surface area contributed by atoms with Crippen molar-refractivity contribution in [1.82, 2.24) is 5.09 Å². The predicted octanol–water partition coefficient (Wildman–Crippen LogP) is 3.86. The van der Waals surface area contributed by atoms with Crippen LogP contribution in [0.25, 0.3) is 0 Å². The quantitative estimate of drug-likeness (QED) is 0.829. The minimum atomic E-state index is -2.96. The first-order valence-corrected chi connectivity index (χ1v) is 9.16. The van der Waals surface area contributed by atoms with Gasteiger partial charge in [-0.3, -0.25) is 0 Å². The van der Waals surface area contributed by atoms with Crippen molar-refractivity contribution in [2.75, 3.05) is 0 Å². The SMILES string of the molecule is OP(=S)(NC1CCCCC1)Oc1ccc(Cl)cc1. The van der Waals surface area contributed by atoms with Crippen LogP contribution in [0.2, 0.25) is 5.02 Å². The van der Waals surface area contributed by atoms with E-state index in [0.29, 0.717) is 10.8 Å². The first kappa shape index (κ1) is 14.3. The van der Waals surface area contributed by atoms with Crippen molar-refractivity contribution in [3.8, 4) is 5.75 Å². The number of benzene rings is 1. The maximum Gasteiger partial charge on any atom is 0.310 e. The number of hydrogen-bond donors (Lipinski definition) is 2. The molecule has 100 valence electrons. The zero-order chi connectivity index (χ0) is 13.0. The second-order valence-corrected chi connectivity index (χ2v) is 7.93. The van der Waals surface area contributed by atoms with Crippen LogP contribution in [0.5, 0.6) is 5.75 Å². The lowest BCUT2D eigenvalue weighted by Gasteiger charge is -2.27. The number of halogens is 1. The van der Waals surface area contributed by atoms with E-state index >= 15 is 0 Å². The highest BCUT2D eigenvalue weighted by atomic mass is 35.5. The molecule has 0 aliphatic heterocycles. The maximum absolute atomic E-state index is 10.1. The van der Waals surface area contributed by atoms with Crippen LogP contribution in [0.1, 0.15) is 32.1 Å². The third-order valence-corrected chi connectivity index (χ3v) is 4.94. The number of rotatable bonds is 4. The Morgan fingerprint density at radius 1 is 1.22 bits per heavy atom. The van der Waals surface area contributed by atoms with Crippen LogP contribution in [-0.2, 0) is 11.8 Å². The van der Waals surface area contributed by atoms with Crippen molar-refractivity contribution < 1.29 is 9.42 Å². The van der Waals surface area contributed by atoms with Crippen molar-refractivity contribution >= 4 is 30.1 Å². The van der Waals surface area contributed by atoms with Gasteiger partial charge in [0.05, 0.1) is 0 Å². The highest BCUT2D eigenvalue weighted by Gasteiger charge is 2.22. The van der Waals surface area contributed by atoms with Gasteiger partial charge >= 0.3 is 6.64 Å². The van der Waals surface area contributed by atoms with E-state index in [1.165, 1.54) is 19.3 Å². The summed E-state index contributed by atoms with van der Waals surface area (Å²) >= 11 is 10.9. The van der Waals surface area contributed by atoms with E-state index < -0.39 is 6.64 Å². The van der Waals surface area contributed by atoms with E-state index in [1.807, 2.05) is 0 Å². The standard InChI is InChI=1S/C12H17ClNO2PS/c13-10-6-8-12(9-7-10)16-17(15,18)14-11-4-2-1-3-5-11/h6-9,11H,1-5H2,(H2,14,15,18). The summed E-state index contributed by atoms with van der Waals surface area (Å²) in [6.45, 7) is -2.96. The molecular weight excluding hydrogens is 289 g/mol. The Morgan fingerprint density at radius 2 is 1.83 bits per heavy atom. The molecule has 0 saturated heterocycles. The average molecular weight is 306 g/mol. The molecule has 2 N–H and O–H groups in total. The molecule has 1 atom stereocenters. The summed E-state index contributed by atoms with van der Waals surface area (Å²) in [6.07, 6.45) is 5.76. The highest BCUT2D eigenvalue weighted by Crippen LogP contribution is 2.41. The molecule has 0 amide bonds. The van der Waals surface area contributed by atoms with Crippen molar-refractivity contribution in [2.24, 2.45) is 0 Å². The van der Waals surface area contributed by atoms with Crippen LogP contribution in [0.4, 0.5) is 0 Å². The summed E-state index contributed by atoms with van der Waals surface area (Å²) in [4.78, 5) is 10.1. The van der Waals surface area contributed by atoms with Gasteiger partial charge in [-0.05, 0) is 48.9 Å². The van der Waals surface area contributed by atoms with Gasteiger partial charge in [-0.1, -0.05) is 30.9 Å². The van der Waals surface area contributed by atoms with Gasteiger partial charge in [0.15, 0.2) is 0 Å². The van der Waals surface area contributed by atoms with E-state index in [1.54, 1.807) is 24.3 Å². The third-order valence-electron chi connectivity index (χ3n) is 2.99. The Hall–Kier alpha value is -0.120. The molecule has 1 aliphatic carbocycles. The van der Waals surface area contributed by atoms with E-state index in [9.17, 15) is 4.89 Å². The smallest absolute Gasteiger partial charge is 0.310 e. The number of hydrogen-bond acceptors (Lipinski definition) is 2. The fraction of sp³-hybridized carbons (Fsp3) is 0.500. The van der Waals surface area contributed by atoms with Gasteiger partial charge in [-0.25, -0.2) is 5.09 Å². The van der Waals surface area contributed by atoms with Gasteiger partial charge in [0.1, 0.15) is 5.75 Å². The molecule has 0 bridgehead atoms. The lowest BCUT2D eigenvalue weighted by Crippen LogP contribution is -2.29. The second-order valence-electron chi connectivity index (χ2n) is 4.53. The van der Waals surface area contributed by atoms with Gasteiger partial charge in [0.25, 0.3) is 0 Å². The lowest BCUT2D eigenvalue weighted by molar-refractivity contribution is 0.385. The maximum atomic E-state index is 10.1. The molecule has 1 saturated carbocycles. The molecular formula is C12H17ClNO2PS. The molecule has 1 aromatic carbocycles. The van der Waals surface area contributed by atoms with E-state index in [0.717, 1.165) is 12.8 Å². The molecule has 0 aromatic heterocycles. The zero-order valence-corrected chi connectivity index (χ0v) is 12.5. The van der Waals surface area contributed by atoms with Gasteiger partial charge in [0.2, 0.25) is 0 Å². The minimum absolute atomic E-state index is 0.280. The topological polar surface area (TPSA) is 41.5 Å². The fourth-order valence-corrected chi connectivity index (χ4v) is 4.14. The molecule has 1 aromatic rings. The Labute approximate surface area is 118 Å². The lowest BCUT2D eigenvalue weighted by atomic mass is 9.96. The highest BCUT2D eigenvalue weighted by molar-refractivity contribution is 8.08. The largest absolute Gasteiger partial charge is 0.433 e. The monoisotopic (exact) mass is 305 g/mol. The number of nitrogens with one attached hydrogen (secondary N) is 1. The zero-order valence-electron chi connectivity index (χ0n) is 10.0. The molecule has 3 nitrogen and oxygen atoms in total. The summed E-state index contributed by atoms with van der Waals surface area (Å²) in [5.41, 5.74) is 0. The molecule has 0 spiro atoms. The van der Waals surface area contributed by atoms with E-state index in [4.69, 9.17) is 27.9 Å². The predicted molar refractivity (Wildman–Crippen MR) is 78.6 cm³/mol. The summed E-state index contributed by atoms with van der Waals surface area (Å²) in [7, 11) is 0. The Morgan fingerprint density at radius 3 is 2.44 bits per heavy atom. The summed E-state index contributed by atoms with van der Waals surface area (Å²) < 4.78 is 5.47. The fourth-order valence-electron chi connectivity index (χ4n) is 2.13. The van der Waals surface area contributed by atoms with Crippen LogP contribution in [-0.4, -0.2) is 10.9 Å². The Balaban J connectivity index is 1.93. The van der Waals surface area contributed by atoms with Gasteiger partial charge in [-0.15, -0.1) is 0 Å². The average Bonchev–Trinajstić information content (AvgIpc) is 2.32. The van der Waals surface area contributed by atoms with Gasteiger partial charge < -0.3 is 9.42 Å². The van der Waals surface area contributed by atoms with Crippen LogP contribution < -0.4 is 9.61 Å². The van der Waals surface area contributed by atoms with Crippen molar-refractivity contribution in [1.29, 1.82) is 0 Å². The first-order chi connectivity index (χ1) is 8.55. The first-order valence-electron chi connectivity index (χ1n) is 6.11. The molecule has 2 rings (SSSR count). The van der Waals surface area contributed by atoms with Crippen molar-refractivity contribution in [2.45, 2.75) is 38.1 Å². The van der Waals surface area contributed by atoms with Gasteiger partial charge in [-0.2, -0.15) is 0 Å². The van der Waals surface area contributed by atoms with E-state index in [-0.39, 0.29) is 6.04 Å². The van der Waals surface area contributed by atoms with Crippen molar-refractivity contribution in [3.05, 3.63) is 29.3 Å². The Kier molecular flexibility index (Phi) is 5.05. The molecule has 1 unspecified atom stereocenters. The third kappa shape index (κ3) is 4.52. The molecule has 1 aliphatic rings. The Bertz CT molecular complexity index is 434. The molecule has 6 heteroatoms. The van der Waals surface area contributed by atoms with E-state index in [2.05, 4.69) is 5.09 Å². The summed E-state index contributed by atoms with van der Waals surface area (Å²) in [5.74, 6) is 0.550. The molecule has 0 heterocycles. The second kappa shape index (κ2) is 6.36. The van der Waals surface area contributed by atoms with Crippen LogP contribution in [0.15, 0.2) is 24.3 Å². The molecule has 1 fully saturated rings. The van der Waals surface area contributed by atoms with Crippen LogP contribution >= 0.6 is 18.2 Å². The minimum Gasteiger partial charge on any atom is -0.433 e. The molecule has 18 heavy (non-hydrogen) atoms. The normalized spacial score (nSPS) is 20.3. The van der Waals surface area contributed by atoms with Gasteiger partial charge in [0, 0.05) is 11.1 Å². The van der Waals surface area contributed by atoms with Crippen molar-refractivity contribution in [3.63, 3.8) is 0 Å². The van der Waals surface area contributed by atoms with Crippen LogP contribution in [0, 0.1) is 0 Å². The van der Waals surface area contributed by atoms with Crippen LogP contribution in [0.3, 0.4) is 0 Å². The summed E-state index contributed by atoms with van der Waals surface area (Å²) in [5, 5.41) is 3.72.